The number of aromatic nitrogens is 2. The van der Waals surface area contributed by atoms with E-state index in [2.05, 4.69) is 5.10 Å². The maximum Gasteiger partial charge on any atom is 0.416 e. The molecule has 2 heterocycles. The van der Waals surface area contributed by atoms with Crippen LogP contribution in [0, 0.1) is 0 Å². The average Bonchev–Trinajstić information content (AvgIpc) is 2.85. The SMILES string of the molecule is CCc1cc2n(n1)CCCN(Cc1cc(C(F)(F)F)cc(C(F)(F)F)c1)C2. The zero-order valence-corrected chi connectivity index (χ0v) is 14.7. The Kier molecular flexibility index (Phi) is 5.24. The predicted octanol–water partition coefficient (Wildman–Crippen LogP) is 4.89. The minimum atomic E-state index is -4.83. The van der Waals surface area contributed by atoms with E-state index in [0.717, 1.165) is 36.4 Å². The Morgan fingerprint density at radius 3 is 2.11 bits per heavy atom. The number of benzene rings is 1. The number of hydrogen-bond donors (Lipinski definition) is 0. The molecule has 0 saturated heterocycles. The van der Waals surface area contributed by atoms with Gasteiger partial charge in [-0.1, -0.05) is 6.92 Å². The van der Waals surface area contributed by atoms with Gasteiger partial charge in [-0.2, -0.15) is 31.4 Å². The van der Waals surface area contributed by atoms with Gasteiger partial charge in [0, 0.05) is 26.2 Å². The van der Waals surface area contributed by atoms with Gasteiger partial charge < -0.3 is 0 Å². The molecule has 1 aliphatic rings. The average molecular weight is 391 g/mol. The fourth-order valence-electron chi connectivity index (χ4n) is 3.26. The Labute approximate surface area is 152 Å². The van der Waals surface area contributed by atoms with Gasteiger partial charge >= 0.3 is 12.4 Å². The van der Waals surface area contributed by atoms with Crippen molar-refractivity contribution in [3.63, 3.8) is 0 Å². The lowest BCUT2D eigenvalue weighted by molar-refractivity contribution is -0.143. The number of halogens is 6. The molecule has 0 radical (unpaired) electrons. The zero-order valence-electron chi connectivity index (χ0n) is 14.7. The minimum absolute atomic E-state index is 0.000769. The highest BCUT2D eigenvalue weighted by molar-refractivity contribution is 5.33. The molecule has 0 aliphatic carbocycles. The molecule has 2 aromatic rings. The smallest absolute Gasteiger partial charge is 0.293 e. The van der Waals surface area contributed by atoms with Crippen molar-refractivity contribution >= 4 is 0 Å². The second kappa shape index (κ2) is 7.18. The van der Waals surface area contributed by atoms with Gasteiger partial charge in [-0.15, -0.1) is 0 Å². The summed E-state index contributed by atoms with van der Waals surface area (Å²) in [7, 11) is 0. The molecule has 0 unspecified atom stereocenters. The van der Waals surface area contributed by atoms with Gasteiger partial charge in [0.15, 0.2) is 0 Å². The summed E-state index contributed by atoms with van der Waals surface area (Å²) >= 11 is 0. The maximum absolute atomic E-state index is 13.0. The molecule has 0 bridgehead atoms. The van der Waals surface area contributed by atoms with Crippen LogP contribution < -0.4 is 0 Å². The van der Waals surface area contributed by atoms with E-state index >= 15 is 0 Å². The highest BCUT2D eigenvalue weighted by Crippen LogP contribution is 2.36. The first-order valence-corrected chi connectivity index (χ1v) is 8.62. The first-order valence-electron chi connectivity index (χ1n) is 8.62. The molecule has 27 heavy (non-hydrogen) atoms. The maximum atomic E-state index is 13.0. The first kappa shape index (κ1) is 19.7. The van der Waals surface area contributed by atoms with E-state index in [0.29, 0.717) is 19.6 Å². The lowest BCUT2D eigenvalue weighted by Gasteiger charge is -2.21. The van der Waals surface area contributed by atoms with Crippen LogP contribution >= 0.6 is 0 Å². The van der Waals surface area contributed by atoms with Crippen molar-refractivity contribution in [2.75, 3.05) is 6.54 Å². The van der Waals surface area contributed by atoms with E-state index < -0.39 is 23.5 Å². The lowest BCUT2D eigenvalue weighted by Crippen LogP contribution is -2.23. The molecule has 1 aromatic carbocycles. The number of hydrogen-bond acceptors (Lipinski definition) is 2. The molecule has 0 saturated carbocycles. The van der Waals surface area contributed by atoms with Crippen molar-refractivity contribution in [3.8, 4) is 0 Å². The van der Waals surface area contributed by atoms with Gasteiger partial charge in [0.25, 0.3) is 0 Å². The number of nitrogens with zero attached hydrogens (tertiary/aromatic N) is 3. The normalized spacial score (nSPS) is 16.3. The topological polar surface area (TPSA) is 21.1 Å². The summed E-state index contributed by atoms with van der Waals surface area (Å²) in [6.45, 7) is 3.68. The summed E-state index contributed by atoms with van der Waals surface area (Å²) in [6, 6.07) is 3.70. The van der Waals surface area contributed by atoms with Gasteiger partial charge in [-0.3, -0.25) is 9.58 Å². The molecule has 148 valence electrons. The van der Waals surface area contributed by atoms with Crippen LogP contribution in [0.15, 0.2) is 24.3 Å². The third-order valence-electron chi connectivity index (χ3n) is 4.56. The highest BCUT2D eigenvalue weighted by Gasteiger charge is 2.37. The van der Waals surface area contributed by atoms with Gasteiger partial charge in [-0.25, -0.2) is 0 Å². The summed E-state index contributed by atoms with van der Waals surface area (Å²) in [5, 5.41) is 4.46. The predicted molar refractivity (Wildman–Crippen MR) is 86.8 cm³/mol. The van der Waals surface area contributed by atoms with Crippen LogP contribution in [0.3, 0.4) is 0 Å². The van der Waals surface area contributed by atoms with Crippen LogP contribution in [0.4, 0.5) is 26.3 Å². The molecule has 0 N–H and O–H groups in total. The molecule has 1 aliphatic heterocycles. The summed E-state index contributed by atoms with van der Waals surface area (Å²) < 4.78 is 80.0. The fourth-order valence-corrected chi connectivity index (χ4v) is 3.26. The highest BCUT2D eigenvalue weighted by atomic mass is 19.4. The quantitative estimate of drug-likeness (QED) is 0.695. The number of rotatable bonds is 3. The second-order valence-electron chi connectivity index (χ2n) is 6.68. The molecule has 9 heteroatoms. The van der Waals surface area contributed by atoms with E-state index in [1.165, 1.54) is 0 Å². The third kappa shape index (κ3) is 4.63. The summed E-state index contributed by atoms with van der Waals surface area (Å²) in [4.78, 5) is 1.86. The van der Waals surface area contributed by atoms with Crippen molar-refractivity contribution in [1.82, 2.24) is 14.7 Å². The van der Waals surface area contributed by atoms with Gasteiger partial charge in [0.05, 0.1) is 22.5 Å². The molecular weight excluding hydrogens is 372 g/mol. The third-order valence-corrected chi connectivity index (χ3v) is 4.56. The second-order valence-corrected chi connectivity index (χ2v) is 6.68. The van der Waals surface area contributed by atoms with Crippen molar-refractivity contribution in [2.45, 2.75) is 51.8 Å². The number of fused-ring (bicyclic) bond motifs is 1. The summed E-state index contributed by atoms with van der Waals surface area (Å²) in [6.07, 6.45) is -8.17. The Morgan fingerprint density at radius 1 is 0.926 bits per heavy atom. The van der Waals surface area contributed by atoms with Crippen LogP contribution in [0.2, 0.25) is 0 Å². The molecular formula is C18H19F6N3. The minimum Gasteiger partial charge on any atom is -0.293 e. The van der Waals surface area contributed by atoms with Crippen molar-refractivity contribution < 1.29 is 26.3 Å². The number of alkyl halides is 6. The number of aryl methyl sites for hydroxylation is 2. The van der Waals surface area contributed by atoms with Crippen molar-refractivity contribution in [1.29, 1.82) is 0 Å². The van der Waals surface area contributed by atoms with Crippen LogP contribution in [0.5, 0.6) is 0 Å². The summed E-state index contributed by atoms with van der Waals surface area (Å²) in [5.41, 5.74) is -0.709. The van der Waals surface area contributed by atoms with Gasteiger partial charge in [0.1, 0.15) is 0 Å². The Morgan fingerprint density at radius 2 is 1.56 bits per heavy atom. The monoisotopic (exact) mass is 391 g/mol. The molecule has 0 amide bonds. The van der Waals surface area contributed by atoms with Crippen LogP contribution in [-0.2, 0) is 38.4 Å². The van der Waals surface area contributed by atoms with Crippen molar-refractivity contribution in [2.24, 2.45) is 0 Å². The van der Waals surface area contributed by atoms with Crippen LogP contribution in [0.25, 0.3) is 0 Å². The van der Waals surface area contributed by atoms with E-state index in [-0.39, 0.29) is 18.2 Å². The van der Waals surface area contributed by atoms with E-state index in [1.54, 1.807) is 0 Å². The van der Waals surface area contributed by atoms with Gasteiger partial charge in [0.2, 0.25) is 0 Å². The first-order chi connectivity index (χ1) is 12.6. The molecule has 0 fully saturated rings. The molecule has 0 atom stereocenters. The van der Waals surface area contributed by atoms with Crippen molar-refractivity contribution in [3.05, 3.63) is 52.3 Å². The summed E-state index contributed by atoms with van der Waals surface area (Å²) in [5.74, 6) is 0. The largest absolute Gasteiger partial charge is 0.416 e. The zero-order chi connectivity index (χ0) is 19.8. The van der Waals surface area contributed by atoms with E-state index in [1.807, 2.05) is 22.6 Å². The molecule has 3 nitrogen and oxygen atoms in total. The van der Waals surface area contributed by atoms with E-state index in [9.17, 15) is 26.3 Å². The molecule has 0 spiro atoms. The Balaban J connectivity index is 1.88. The van der Waals surface area contributed by atoms with Gasteiger partial charge in [-0.05, 0) is 42.7 Å². The Bertz CT molecular complexity index is 774. The van der Waals surface area contributed by atoms with Crippen LogP contribution in [-0.4, -0.2) is 21.2 Å². The lowest BCUT2D eigenvalue weighted by atomic mass is 10.0. The fraction of sp³-hybridized carbons (Fsp3) is 0.500. The standard InChI is InChI=1S/C18H19F6N3/c1-2-15-9-16-11-26(4-3-5-27(16)25-15)10-12-6-13(17(19,20)21)8-14(7-12)18(22,23)24/h6-9H,2-5,10-11H2,1H3. The molecule has 3 rings (SSSR count). The van der Waals surface area contributed by atoms with Crippen LogP contribution in [0.1, 0.15) is 41.4 Å². The Hall–Kier alpha value is -2.03. The molecule has 1 aromatic heterocycles. The van der Waals surface area contributed by atoms with E-state index in [4.69, 9.17) is 0 Å².